The number of carbonyl (C=O) groups excluding carboxylic acids is 4. The molecule has 2 aromatic rings. The molecule has 1 aromatic carbocycles. The number of carboxylic acids is 2. The zero-order chi connectivity index (χ0) is 39.4. The first-order chi connectivity index (χ1) is 25.4. The Morgan fingerprint density at radius 3 is 2.54 bits per heavy atom. The van der Waals surface area contributed by atoms with Gasteiger partial charge in [-0.05, 0) is 32.9 Å². The number of carbonyl (C=O) groups is 6. The number of Topliss-reactive ketones (excluding diaryl/α,β-unsaturated/α-hetero) is 2. The Morgan fingerprint density at radius 1 is 1.17 bits per heavy atom. The smallest absolute Gasteiger partial charge is 0.352 e. The van der Waals surface area contributed by atoms with Gasteiger partial charge < -0.3 is 40.4 Å². The molecule has 6 N–H and O–H groups in total. The summed E-state index contributed by atoms with van der Waals surface area (Å²) in [6.07, 6.45) is 1.15. The largest absolute Gasteiger partial charge is 0.504 e. The standard InChI is InChI=1S/C34H37ClN6O11S2/c1-15-19(13-41-9-4-5-16(41)12-39(8-10-41)29(47)26(44)17-6-7-21(42)27(45)23(17)35)25(31(48)49)40-28(46)18(30(40)54-15)11-22(43)24(20-14-53-33(36)37-20)38-52-34(2,3)32(50)51/h6-7,14-16,18,30H,4-5,8-13H2,1-3H3,(H5-,36,37,38,42,43,44,45,47,48,49,50,51)/p+1/t15-,16-,18+,30+,41?/m0/s1. The zero-order valence-corrected chi connectivity index (χ0v) is 31.7. The molecule has 0 radical (unpaired) electrons. The predicted octanol–water partition coefficient (Wildman–Crippen LogP) is 2.30. The number of anilines is 1. The number of halogens is 1. The maximum atomic E-state index is 13.7. The summed E-state index contributed by atoms with van der Waals surface area (Å²) in [5.41, 5.74) is 3.90. The molecular formula is C34H38ClN6O11S2+. The predicted molar refractivity (Wildman–Crippen MR) is 195 cm³/mol. The fourth-order valence-electron chi connectivity index (χ4n) is 7.44. The van der Waals surface area contributed by atoms with Crippen LogP contribution in [0.25, 0.3) is 0 Å². The Kier molecular flexibility index (Phi) is 10.5. The Balaban J connectivity index is 1.20. The number of hydrogen-bond acceptors (Lipinski definition) is 14. The quantitative estimate of drug-likeness (QED) is 0.0393. The number of benzene rings is 1. The second-order valence-corrected chi connectivity index (χ2v) is 16.9. The van der Waals surface area contributed by atoms with Gasteiger partial charge in [0.05, 0.1) is 48.1 Å². The molecule has 1 aromatic heterocycles. The average molecular weight is 806 g/mol. The van der Waals surface area contributed by atoms with E-state index in [1.165, 1.54) is 46.9 Å². The maximum Gasteiger partial charge on any atom is 0.352 e. The third kappa shape index (κ3) is 6.88. The van der Waals surface area contributed by atoms with E-state index < -0.39 is 68.7 Å². The van der Waals surface area contributed by atoms with Crippen LogP contribution in [0.15, 0.2) is 33.9 Å². The fraction of sp³-hybridized carbons (Fsp3) is 0.471. The molecule has 2 amide bonds. The van der Waals surface area contributed by atoms with Crippen molar-refractivity contribution in [1.29, 1.82) is 0 Å². The van der Waals surface area contributed by atoms with Gasteiger partial charge in [0.1, 0.15) is 24.0 Å². The molecule has 4 aliphatic heterocycles. The third-order valence-electron chi connectivity index (χ3n) is 10.5. The highest BCUT2D eigenvalue weighted by atomic mass is 35.5. The van der Waals surface area contributed by atoms with Gasteiger partial charge in [-0.1, -0.05) is 16.8 Å². The van der Waals surface area contributed by atoms with Crippen LogP contribution in [-0.4, -0.2) is 136 Å². The third-order valence-corrected chi connectivity index (χ3v) is 13.1. The number of amides is 2. The Hall–Kier alpha value is -4.72. The van der Waals surface area contributed by atoms with E-state index in [4.69, 9.17) is 22.2 Å². The molecule has 288 valence electrons. The Morgan fingerprint density at radius 2 is 1.89 bits per heavy atom. The second-order valence-electron chi connectivity index (χ2n) is 14.2. The van der Waals surface area contributed by atoms with E-state index in [-0.39, 0.29) is 58.6 Å². The molecule has 3 fully saturated rings. The number of ketones is 2. The molecule has 20 heteroatoms. The van der Waals surface area contributed by atoms with Gasteiger partial charge in [-0.3, -0.25) is 24.1 Å². The molecule has 4 aliphatic rings. The van der Waals surface area contributed by atoms with Crippen LogP contribution in [0.5, 0.6) is 11.5 Å². The Bertz CT molecular complexity index is 2030. The van der Waals surface area contributed by atoms with Crippen molar-refractivity contribution in [3.8, 4) is 11.5 Å². The minimum atomic E-state index is -1.78. The number of aromatic hydroxyl groups is 2. The number of phenols is 2. The van der Waals surface area contributed by atoms with Crippen LogP contribution >= 0.6 is 34.7 Å². The summed E-state index contributed by atoms with van der Waals surface area (Å²) in [4.78, 5) is 90.2. The van der Waals surface area contributed by atoms with Crippen LogP contribution in [0, 0.1) is 5.92 Å². The summed E-state index contributed by atoms with van der Waals surface area (Å²) in [6, 6.07) is 2.12. The molecule has 17 nitrogen and oxygen atoms in total. The van der Waals surface area contributed by atoms with E-state index in [2.05, 4.69) is 10.1 Å². The van der Waals surface area contributed by atoms with Crippen molar-refractivity contribution in [3.63, 3.8) is 0 Å². The number of nitrogens with two attached hydrogens (primary N) is 1. The van der Waals surface area contributed by atoms with Crippen molar-refractivity contribution in [3.05, 3.63) is 45.1 Å². The fourth-order valence-corrected chi connectivity index (χ4v) is 9.74. The summed E-state index contributed by atoms with van der Waals surface area (Å²) >= 11 is 8.45. The lowest BCUT2D eigenvalue weighted by Gasteiger charge is -2.53. The van der Waals surface area contributed by atoms with E-state index in [9.17, 15) is 49.2 Å². The number of quaternary nitrogens is 1. The summed E-state index contributed by atoms with van der Waals surface area (Å²) in [5.74, 6) is -7.70. The highest BCUT2D eigenvalue weighted by Gasteiger charge is 2.57. The summed E-state index contributed by atoms with van der Waals surface area (Å²) in [5, 5.41) is 43.6. The topological polar surface area (TPSA) is 250 Å². The second kappa shape index (κ2) is 14.5. The number of nitrogens with zero attached hydrogens (tertiary/aromatic N) is 5. The van der Waals surface area contributed by atoms with Crippen molar-refractivity contribution in [2.45, 2.75) is 62.3 Å². The number of aliphatic carboxylic acids is 2. The number of piperazine rings is 1. The SMILES string of the molecule is C[C@@H]1S[C@@H]2[C@H](CC(=O)/C(=N\OC(C)(C)C(=O)O)c3csc(N)n3)C(=O)N2C(C(=O)O)=C1C[N+]12CCC[C@H]1CN(C(=O)C(=O)c1ccc(O)c(O)c1Cl)CC2. The minimum absolute atomic E-state index is 0.0501. The average Bonchev–Trinajstić information content (AvgIpc) is 3.75. The van der Waals surface area contributed by atoms with Gasteiger partial charge in [0.2, 0.25) is 11.5 Å². The van der Waals surface area contributed by atoms with Crippen molar-refractivity contribution < 1.29 is 58.5 Å². The number of hydrogen-bond donors (Lipinski definition) is 5. The van der Waals surface area contributed by atoms with Crippen LogP contribution in [0.1, 0.15) is 56.1 Å². The van der Waals surface area contributed by atoms with Crippen LogP contribution in [0.2, 0.25) is 5.02 Å². The van der Waals surface area contributed by atoms with Crippen LogP contribution in [-0.2, 0) is 28.8 Å². The van der Waals surface area contributed by atoms with Gasteiger partial charge in [-0.15, -0.1) is 23.1 Å². The number of thioether (sulfide) groups is 1. The number of fused-ring (bicyclic) bond motifs is 2. The van der Waals surface area contributed by atoms with Gasteiger partial charge in [0.25, 0.3) is 11.7 Å². The van der Waals surface area contributed by atoms with Crippen molar-refractivity contribution >= 4 is 80.9 Å². The number of thiazole rings is 1. The van der Waals surface area contributed by atoms with Gasteiger partial charge in [-0.25, -0.2) is 14.6 Å². The van der Waals surface area contributed by atoms with E-state index in [0.717, 1.165) is 23.8 Å². The number of carboxylic acid groups (broad SMARTS) is 2. The number of rotatable bonds is 12. The van der Waals surface area contributed by atoms with E-state index in [1.807, 2.05) is 6.92 Å². The molecule has 6 rings (SSSR count). The molecule has 5 heterocycles. The van der Waals surface area contributed by atoms with Gasteiger partial charge >= 0.3 is 11.9 Å². The van der Waals surface area contributed by atoms with Crippen molar-refractivity contribution in [1.82, 2.24) is 14.8 Å². The van der Waals surface area contributed by atoms with Gasteiger partial charge in [0, 0.05) is 35.5 Å². The normalized spacial score (nSPS) is 25.5. The lowest BCUT2D eigenvalue weighted by molar-refractivity contribution is -0.938. The van der Waals surface area contributed by atoms with Crippen LogP contribution < -0.4 is 5.73 Å². The number of phenolic OH excluding ortho intramolecular Hbond substituents is 2. The number of oxime groups is 1. The summed E-state index contributed by atoms with van der Waals surface area (Å²) in [6.45, 7) is 6.19. The minimum Gasteiger partial charge on any atom is -0.504 e. The van der Waals surface area contributed by atoms with E-state index in [0.29, 0.717) is 36.1 Å². The number of nitrogen functional groups attached to an aromatic ring is 1. The van der Waals surface area contributed by atoms with E-state index in [1.54, 1.807) is 0 Å². The first-order valence-electron chi connectivity index (χ1n) is 17.0. The monoisotopic (exact) mass is 805 g/mol. The molecule has 0 bridgehead atoms. The summed E-state index contributed by atoms with van der Waals surface area (Å²) < 4.78 is 0.466. The van der Waals surface area contributed by atoms with Crippen molar-refractivity contribution in [2.75, 3.05) is 38.5 Å². The lowest BCUT2D eigenvalue weighted by Crippen LogP contribution is -2.67. The van der Waals surface area contributed by atoms with Crippen LogP contribution in [0.3, 0.4) is 0 Å². The molecule has 5 atom stereocenters. The lowest BCUT2D eigenvalue weighted by atomic mass is 9.88. The highest BCUT2D eigenvalue weighted by Crippen LogP contribution is 2.49. The van der Waals surface area contributed by atoms with E-state index >= 15 is 0 Å². The molecule has 3 saturated heterocycles. The number of β-lactam (4-membered cyclic amide) rings is 1. The molecular weight excluding hydrogens is 768 g/mol. The van der Waals surface area contributed by atoms with Crippen LogP contribution in [0.4, 0.5) is 5.13 Å². The molecule has 0 aliphatic carbocycles. The van der Waals surface area contributed by atoms with Crippen molar-refractivity contribution in [2.24, 2.45) is 11.1 Å². The molecule has 54 heavy (non-hydrogen) atoms. The molecule has 1 unspecified atom stereocenters. The van der Waals surface area contributed by atoms with Gasteiger partial charge in [-0.2, -0.15) is 0 Å². The number of aromatic nitrogens is 1. The maximum absolute atomic E-state index is 13.7. The zero-order valence-electron chi connectivity index (χ0n) is 29.4. The Labute approximate surface area is 321 Å². The molecule has 0 spiro atoms. The highest BCUT2D eigenvalue weighted by molar-refractivity contribution is 8.00. The molecule has 0 saturated carbocycles. The summed E-state index contributed by atoms with van der Waals surface area (Å²) in [7, 11) is 0. The first-order valence-corrected chi connectivity index (χ1v) is 19.2. The first kappa shape index (κ1) is 39.0. The van der Waals surface area contributed by atoms with Gasteiger partial charge in [0.15, 0.2) is 28.1 Å².